The SMILES string of the molecule is CS[C@H]1CCC[C@H]2C1=C(C(=O)O)N1C(=O)[C@H](C(C)O)[C@@H]21. The third kappa shape index (κ3) is 1.67. The van der Waals surface area contributed by atoms with E-state index in [-0.39, 0.29) is 28.8 Å². The van der Waals surface area contributed by atoms with Crippen molar-refractivity contribution in [1.29, 1.82) is 0 Å². The molecule has 0 aromatic rings. The Kier molecular flexibility index (Phi) is 3.33. The zero-order valence-corrected chi connectivity index (χ0v) is 12.4. The van der Waals surface area contributed by atoms with Gasteiger partial charge in [0.25, 0.3) is 0 Å². The van der Waals surface area contributed by atoms with Crippen LogP contribution in [0.1, 0.15) is 26.2 Å². The van der Waals surface area contributed by atoms with Crippen LogP contribution >= 0.6 is 11.8 Å². The summed E-state index contributed by atoms with van der Waals surface area (Å²) in [7, 11) is 0. The zero-order chi connectivity index (χ0) is 14.6. The van der Waals surface area contributed by atoms with E-state index in [9.17, 15) is 19.8 Å². The fraction of sp³-hybridized carbons (Fsp3) is 0.714. The number of carboxylic acid groups (broad SMARTS) is 1. The highest BCUT2D eigenvalue weighted by Crippen LogP contribution is 2.53. The molecule has 3 aliphatic rings. The molecule has 0 aromatic heterocycles. The van der Waals surface area contributed by atoms with E-state index in [0.29, 0.717) is 0 Å². The molecule has 1 unspecified atom stereocenters. The van der Waals surface area contributed by atoms with Crippen LogP contribution in [0.2, 0.25) is 0 Å². The van der Waals surface area contributed by atoms with Gasteiger partial charge in [-0.3, -0.25) is 4.79 Å². The molecule has 1 amide bonds. The number of nitrogens with zero attached hydrogens (tertiary/aromatic N) is 1. The van der Waals surface area contributed by atoms with Gasteiger partial charge in [-0.15, -0.1) is 0 Å². The molecular formula is C14H19NO4S. The molecule has 0 radical (unpaired) electrons. The van der Waals surface area contributed by atoms with E-state index >= 15 is 0 Å². The van der Waals surface area contributed by atoms with Crippen molar-refractivity contribution in [3.8, 4) is 0 Å². The molecular weight excluding hydrogens is 278 g/mol. The summed E-state index contributed by atoms with van der Waals surface area (Å²) in [6.07, 6.45) is 4.21. The molecule has 0 bridgehead atoms. The molecule has 1 saturated carbocycles. The fourth-order valence-electron chi connectivity index (χ4n) is 4.08. The third-order valence-corrected chi connectivity index (χ3v) is 5.91. The highest BCUT2D eigenvalue weighted by Gasteiger charge is 2.62. The van der Waals surface area contributed by atoms with Gasteiger partial charge in [-0.05, 0) is 31.6 Å². The molecule has 1 aliphatic carbocycles. The van der Waals surface area contributed by atoms with E-state index in [1.165, 1.54) is 4.90 Å². The van der Waals surface area contributed by atoms with Gasteiger partial charge >= 0.3 is 5.97 Å². The summed E-state index contributed by atoms with van der Waals surface area (Å²) in [6.45, 7) is 1.62. The maximum Gasteiger partial charge on any atom is 0.352 e. The second-order valence-electron chi connectivity index (χ2n) is 5.84. The maximum absolute atomic E-state index is 12.2. The van der Waals surface area contributed by atoms with Crippen molar-refractivity contribution in [2.75, 3.05) is 6.26 Å². The molecule has 20 heavy (non-hydrogen) atoms. The van der Waals surface area contributed by atoms with Crippen LogP contribution in [0.25, 0.3) is 0 Å². The molecule has 2 heterocycles. The standard InChI is InChI=1S/C14H19NO4S/c1-6(16)9-11-7-4-3-5-8(20-2)10(7)12(14(18)19)15(11)13(9)17/h6-9,11,16H,3-5H2,1-2H3,(H,18,19)/t6?,7-,8-,9+,11+/m0/s1. The Morgan fingerprint density at radius 2 is 2.15 bits per heavy atom. The largest absolute Gasteiger partial charge is 0.477 e. The lowest BCUT2D eigenvalue weighted by Crippen LogP contribution is -2.64. The van der Waals surface area contributed by atoms with Crippen molar-refractivity contribution in [1.82, 2.24) is 4.90 Å². The van der Waals surface area contributed by atoms with Crippen molar-refractivity contribution in [3.63, 3.8) is 0 Å². The lowest BCUT2D eigenvalue weighted by Gasteiger charge is -2.47. The van der Waals surface area contributed by atoms with Crippen molar-refractivity contribution >= 4 is 23.6 Å². The number of fused-ring (bicyclic) bond motifs is 3. The first-order valence-electron chi connectivity index (χ1n) is 7.00. The van der Waals surface area contributed by atoms with Crippen LogP contribution in [-0.4, -0.2) is 50.6 Å². The highest BCUT2D eigenvalue weighted by molar-refractivity contribution is 7.99. The topological polar surface area (TPSA) is 77.8 Å². The number of thioether (sulfide) groups is 1. The first-order valence-corrected chi connectivity index (χ1v) is 8.29. The van der Waals surface area contributed by atoms with Crippen LogP contribution < -0.4 is 0 Å². The predicted octanol–water partition coefficient (Wildman–Crippen LogP) is 1.08. The highest BCUT2D eigenvalue weighted by atomic mass is 32.2. The Morgan fingerprint density at radius 1 is 1.45 bits per heavy atom. The maximum atomic E-state index is 12.2. The summed E-state index contributed by atoms with van der Waals surface area (Å²) in [6, 6.07) is -0.140. The number of aliphatic hydroxyl groups is 1. The van der Waals surface area contributed by atoms with Crippen molar-refractivity contribution < 1.29 is 19.8 Å². The second-order valence-corrected chi connectivity index (χ2v) is 6.88. The van der Waals surface area contributed by atoms with E-state index in [0.717, 1.165) is 24.8 Å². The van der Waals surface area contributed by atoms with E-state index < -0.39 is 18.0 Å². The summed E-state index contributed by atoms with van der Waals surface area (Å²) in [4.78, 5) is 25.2. The second kappa shape index (κ2) is 4.77. The van der Waals surface area contributed by atoms with Crippen LogP contribution in [0.5, 0.6) is 0 Å². The molecule has 0 aromatic carbocycles. The fourth-order valence-corrected chi connectivity index (χ4v) is 5.02. The van der Waals surface area contributed by atoms with Gasteiger partial charge in [-0.2, -0.15) is 11.8 Å². The van der Waals surface area contributed by atoms with Gasteiger partial charge < -0.3 is 15.1 Å². The summed E-state index contributed by atoms with van der Waals surface area (Å²) in [5, 5.41) is 19.5. The van der Waals surface area contributed by atoms with Gasteiger partial charge in [0.05, 0.1) is 18.1 Å². The third-order valence-electron chi connectivity index (χ3n) is 4.85. The normalized spacial score (nSPS) is 37.4. The van der Waals surface area contributed by atoms with E-state index in [1.807, 2.05) is 6.26 Å². The van der Waals surface area contributed by atoms with Gasteiger partial charge in [0, 0.05) is 11.2 Å². The summed E-state index contributed by atoms with van der Waals surface area (Å²) >= 11 is 1.66. The minimum Gasteiger partial charge on any atom is -0.477 e. The molecule has 5 nitrogen and oxygen atoms in total. The number of rotatable bonds is 3. The number of hydrogen-bond donors (Lipinski definition) is 2. The Bertz CT molecular complexity index is 501. The zero-order valence-electron chi connectivity index (χ0n) is 11.6. The molecule has 3 rings (SSSR count). The Labute approximate surface area is 122 Å². The van der Waals surface area contributed by atoms with Gasteiger partial charge in [0.1, 0.15) is 5.70 Å². The average molecular weight is 297 g/mol. The van der Waals surface area contributed by atoms with E-state index in [4.69, 9.17) is 0 Å². The summed E-state index contributed by atoms with van der Waals surface area (Å²) in [5.41, 5.74) is 1.12. The summed E-state index contributed by atoms with van der Waals surface area (Å²) < 4.78 is 0. The number of β-lactam (4-membered cyclic amide) rings is 1. The van der Waals surface area contributed by atoms with E-state index in [1.54, 1.807) is 18.7 Å². The smallest absolute Gasteiger partial charge is 0.352 e. The van der Waals surface area contributed by atoms with Crippen molar-refractivity contribution in [2.24, 2.45) is 11.8 Å². The van der Waals surface area contributed by atoms with Crippen LogP contribution in [-0.2, 0) is 9.59 Å². The monoisotopic (exact) mass is 297 g/mol. The molecule has 2 fully saturated rings. The summed E-state index contributed by atoms with van der Waals surface area (Å²) in [5.74, 6) is -1.56. The van der Waals surface area contributed by atoms with Gasteiger partial charge in [0.15, 0.2) is 0 Å². The van der Waals surface area contributed by atoms with Crippen LogP contribution in [0.3, 0.4) is 0 Å². The van der Waals surface area contributed by atoms with Gasteiger partial charge in [-0.25, -0.2) is 4.79 Å². The number of carbonyl (C=O) groups excluding carboxylic acids is 1. The first kappa shape index (κ1) is 13.9. The lowest BCUT2D eigenvalue weighted by molar-refractivity contribution is -0.163. The molecule has 1 saturated heterocycles. The Hall–Kier alpha value is -1.01. The number of carbonyl (C=O) groups is 2. The molecule has 110 valence electrons. The number of hydrogen-bond acceptors (Lipinski definition) is 4. The van der Waals surface area contributed by atoms with Crippen LogP contribution in [0.4, 0.5) is 0 Å². The van der Waals surface area contributed by atoms with Crippen LogP contribution in [0.15, 0.2) is 11.3 Å². The molecule has 2 aliphatic heterocycles. The number of aliphatic hydroxyl groups excluding tert-OH is 1. The molecule has 5 atom stereocenters. The van der Waals surface area contributed by atoms with Gasteiger partial charge in [-0.1, -0.05) is 6.42 Å². The number of carboxylic acids is 1. The Balaban J connectivity index is 2.04. The quantitative estimate of drug-likeness (QED) is 0.762. The minimum absolute atomic E-state index is 0.115. The Morgan fingerprint density at radius 3 is 2.70 bits per heavy atom. The first-order chi connectivity index (χ1) is 9.49. The lowest BCUT2D eigenvalue weighted by atomic mass is 9.72. The van der Waals surface area contributed by atoms with Crippen LogP contribution in [0, 0.1) is 11.8 Å². The van der Waals surface area contributed by atoms with E-state index in [2.05, 4.69) is 0 Å². The average Bonchev–Trinajstić information content (AvgIpc) is 2.69. The molecule has 0 spiro atoms. The molecule has 6 heteroatoms. The minimum atomic E-state index is -1.01. The molecule has 2 N–H and O–H groups in total. The van der Waals surface area contributed by atoms with Gasteiger partial charge in [0.2, 0.25) is 5.91 Å². The number of aliphatic carboxylic acids is 1. The number of amides is 1. The van der Waals surface area contributed by atoms with Crippen molar-refractivity contribution in [3.05, 3.63) is 11.3 Å². The predicted molar refractivity (Wildman–Crippen MR) is 75.1 cm³/mol. The van der Waals surface area contributed by atoms with Crippen molar-refractivity contribution in [2.45, 2.75) is 43.6 Å².